The highest BCUT2D eigenvalue weighted by molar-refractivity contribution is 7.10. The lowest BCUT2D eigenvalue weighted by atomic mass is 10.1. The second-order valence-corrected chi connectivity index (χ2v) is 7.73. The molecule has 1 aromatic carbocycles. The number of nitrogens with zero attached hydrogens (tertiary/aromatic N) is 1. The second kappa shape index (κ2) is 9.41. The maximum Gasteiger partial charge on any atom is 0.312 e. The first-order chi connectivity index (χ1) is 13.1. The van der Waals surface area contributed by atoms with E-state index >= 15 is 0 Å². The summed E-state index contributed by atoms with van der Waals surface area (Å²) in [6.07, 6.45) is 4.99. The predicted molar refractivity (Wildman–Crippen MR) is 110 cm³/mol. The molecule has 2 heterocycles. The van der Waals surface area contributed by atoms with E-state index in [0.717, 1.165) is 29.3 Å². The number of nitrogens with one attached hydrogen (secondary N) is 2. The Morgan fingerprint density at radius 1 is 1.07 bits per heavy atom. The van der Waals surface area contributed by atoms with E-state index in [1.807, 2.05) is 35.7 Å². The van der Waals surface area contributed by atoms with Gasteiger partial charge in [0.1, 0.15) is 0 Å². The van der Waals surface area contributed by atoms with E-state index in [1.54, 1.807) is 0 Å². The molecule has 1 aliphatic heterocycles. The normalized spacial score (nSPS) is 15.6. The molecular weight excluding hydrogens is 360 g/mol. The summed E-state index contributed by atoms with van der Waals surface area (Å²) in [4.78, 5) is 27.3. The molecule has 0 aliphatic carbocycles. The molecule has 1 fully saturated rings. The summed E-state index contributed by atoms with van der Waals surface area (Å²) >= 11 is 1.49. The van der Waals surface area contributed by atoms with E-state index < -0.39 is 12.1 Å². The molecule has 1 aliphatic rings. The van der Waals surface area contributed by atoms with Gasteiger partial charge in [0.2, 0.25) is 5.91 Å². The van der Waals surface area contributed by atoms with Crippen molar-refractivity contribution in [3.8, 4) is 0 Å². The minimum Gasteiger partial charge on any atom is -0.370 e. The standard InChI is InChI=1S/C20H26N4O2S/c21-20(26)23-16(18-10-7-13-27-18)14-19(25)22-15-8-3-4-9-17(15)24-11-5-1-2-6-12-24/h3-4,7-10,13,16H,1-2,5-6,11-12,14H2,(H,22,25)(H3,21,23,26). The molecule has 144 valence electrons. The number of nitrogens with two attached hydrogens (primary N) is 1. The molecule has 4 N–H and O–H groups in total. The van der Waals surface area contributed by atoms with Crippen LogP contribution in [0.15, 0.2) is 41.8 Å². The molecule has 3 rings (SSSR count). The second-order valence-electron chi connectivity index (χ2n) is 6.75. The van der Waals surface area contributed by atoms with Gasteiger partial charge in [-0.05, 0) is 36.4 Å². The third-order valence-corrected chi connectivity index (χ3v) is 5.70. The zero-order chi connectivity index (χ0) is 19.1. The van der Waals surface area contributed by atoms with Crippen molar-refractivity contribution in [2.24, 2.45) is 5.73 Å². The number of primary amides is 1. The Kier molecular flexibility index (Phi) is 6.70. The molecule has 0 saturated carbocycles. The third-order valence-electron chi connectivity index (χ3n) is 4.72. The van der Waals surface area contributed by atoms with Crippen molar-refractivity contribution in [3.63, 3.8) is 0 Å². The van der Waals surface area contributed by atoms with Crippen LogP contribution in [0.4, 0.5) is 16.2 Å². The van der Waals surface area contributed by atoms with Gasteiger partial charge in [-0.25, -0.2) is 4.79 Å². The van der Waals surface area contributed by atoms with E-state index in [-0.39, 0.29) is 12.3 Å². The molecule has 2 aromatic rings. The van der Waals surface area contributed by atoms with Gasteiger partial charge < -0.3 is 21.3 Å². The van der Waals surface area contributed by atoms with Gasteiger partial charge in [0.05, 0.1) is 23.8 Å². The Bertz CT molecular complexity index is 755. The Labute approximate surface area is 163 Å². The zero-order valence-corrected chi connectivity index (χ0v) is 16.1. The molecule has 6 nitrogen and oxygen atoms in total. The van der Waals surface area contributed by atoms with E-state index in [4.69, 9.17) is 5.73 Å². The van der Waals surface area contributed by atoms with Crippen LogP contribution in [-0.4, -0.2) is 25.0 Å². The van der Waals surface area contributed by atoms with Crippen molar-refractivity contribution in [3.05, 3.63) is 46.7 Å². The van der Waals surface area contributed by atoms with Gasteiger partial charge in [-0.3, -0.25) is 4.79 Å². The van der Waals surface area contributed by atoms with Crippen molar-refractivity contribution in [2.45, 2.75) is 38.1 Å². The van der Waals surface area contributed by atoms with Crippen LogP contribution >= 0.6 is 11.3 Å². The number of hydrogen-bond donors (Lipinski definition) is 3. The first-order valence-electron chi connectivity index (χ1n) is 9.36. The molecule has 0 spiro atoms. The molecule has 1 unspecified atom stereocenters. The average molecular weight is 387 g/mol. The maximum atomic E-state index is 12.7. The number of carbonyl (C=O) groups is 2. The van der Waals surface area contributed by atoms with Gasteiger partial charge in [0, 0.05) is 18.0 Å². The third kappa shape index (κ3) is 5.47. The highest BCUT2D eigenvalue weighted by Crippen LogP contribution is 2.29. The first-order valence-corrected chi connectivity index (χ1v) is 10.2. The van der Waals surface area contributed by atoms with Crippen LogP contribution in [0.2, 0.25) is 0 Å². The van der Waals surface area contributed by atoms with Crippen molar-refractivity contribution in [1.29, 1.82) is 0 Å². The lowest BCUT2D eigenvalue weighted by molar-refractivity contribution is -0.116. The lowest BCUT2D eigenvalue weighted by Gasteiger charge is -2.25. The SMILES string of the molecule is NC(=O)NC(CC(=O)Nc1ccccc1N1CCCCCC1)c1cccs1. The van der Waals surface area contributed by atoms with Crippen LogP contribution in [0.1, 0.15) is 43.0 Å². The molecule has 1 aromatic heterocycles. The quantitative estimate of drug-likeness (QED) is 0.704. The smallest absolute Gasteiger partial charge is 0.312 e. The molecule has 1 saturated heterocycles. The molecule has 0 radical (unpaired) electrons. The van der Waals surface area contributed by atoms with E-state index in [1.165, 1.54) is 37.0 Å². The maximum absolute atomic E-state index is 12.7. The fourth-order valence-electron chi connectivity index (χ4n) is 3.44. The van der Waals surface area contributed by atoms with Crippen LogP contribution in [0, 0.1) is 0 Å². The number of carbonyl (C=O) groups excluding carboxylic acids is 2. The van der Waals surface area contributed by atoms with Gasteiger partial charge in [0.15, 0.2) is 0 Å². The molecule has 7 heteroatoms. The van der Waals surface area contributed by atoms with Crippen LogP contribution < -0.4 is 21.3 Å². The van der Waals surface area contributed by atoms with Crippen molar-refractivity contribution in [2.75, 3.05) is 23.3 Å². The average Bonchev–Trinajstić information content (AvgIpc) is 3.04. The summed E-state index contributed by atoms with van der Waals surface area (Å²) in [7, 11) is 0. The van der Waals surface area contributed by atoms with Gasteiger partial charge >= 0.3 is 6.03 Å². The lowest BCUT2D eigenvalue weighted by Crippen LogP contribution is -2.35. The van der Waals surface area contributed by atoms with Gasteiger partial charge in [-0.2, -0.15) is 0 Å². The monoisotopic (exact) mass is 386 g/mol. The Hall–Kier alpha value is -2.54. The number of hydrogen-bond acceptors (Lipinski definition) is 4. The number of benzene rings is 1. The van der Waals surface area contributed by atoms with Crippen molar-refractivity contribution in [1.82, 2.24) is 5.32 Å². The summed E-state index contributed by atoms with van der Waals surface area (Å²) in [6.45, 7) is 2.02. The van der Waals surface area contributed by atoms with Gasteiger partial charge in [-0.15, -0.1) is 11.3 Å². The number of para-hydroxylation sites is 2. The zero-order valence-electron chi connectivity index (χ0n) is 15.3. The summed E-state index contributed by atoms with van der Waals surface area (Å²) in [5.41, 5.74) is 7.15. The summed E-state index contributed by atoms with van der Waals surface area (Å²) in [5.74, 6) is -0.149. The fourth-order valence-corrected chi connectivity index (χ4v) is 4.22. The molecule has 27 heavy (non-hydrogen) atoms. The molecule has 1 atom stereocenters. The number of rotatable bonds is 6. The highest BCUT2D eigenvalue weighted by atomic mass is 32.1. The predicted octanol–water partition coefficient (Wildman–Crippen LogP) is 3.87. The number of thiophene rings is 1. The van der Waals surface area contributed by atoms with Gasteiger partial charge in [-0.1, -0.05) is 31.0 Å². The topological polar surface area (TPSA) is 87.5 Å². The van der Waals surface area contributed by atoms with Crippen LogP contribution in [0.3, 0.4) is 0 Å². The summed E-state index contributed by atoms with van der Waals surface area (Å²) in [5, 5.41) is 7.60. The van der Waals surface area contributed by atoms with Crippen LogP contribution in [-0.2, 0) is 4.79 Å². The van der Waals surface area contributed by atoms with Crippen molar-refractivity contribution < 1.29 is 9.59 Å². The Morgan fingerprint density at radius 3 is 2.48 bits per heavy atom. The Balaban J connectivity index is 1.70. The minimum atomic E-state index is -0.633. The van der Waals surface area contributed by atoms with E-state index in [2.05, 4.69) is 21.6 Å². The molecule has 3 amide bonds. The largest absolute Gasteiger partial charge is 0.370 e. The van der Waals surface area contributed by atoms with Gasteiger partial charge in [0.25, 0.3) is 0 Å². The fraction of sp³-hybridized carbons (Fsp3) is 0.400. The number of amides is 3. The van der Waals surface area contributed by atoms with E-state index in [9.17, 15) is 9.59 Å². The highest BCUT2D eigenvalue weighted by Gasteiger charge is 2.20. The van der Waals surface area contributed by atoms with Crippen LogP contribution in [0.25, 0.3) is 0 Å². The Morgan fingerprint density at radius 2 is 1.81 bits per heavy atom. The summed E-state index contributed by atoms with van der Waals surface area (Å²) < 4.78 is 0. The number of urea groups is 1. The van der Waals surface area contributed by atoms with Crippen LogP contribution in [0.5, 0.6) is 0 Å². The molecular formula is C20H26N4O2S. The molecule has 0 bridgehead atoms. The minimum absolute atomic E-state index is 0.137. The van der Waals surface area contributed by atoms with Crippen molar-refractivity contribution >= 4 is 34.6 Å². The number of anilines is 2. The first kappa shape index (κ1) is 19.2. The van der Waals surface area contributed by atoms with E-state index in [0.29, 0.717) is 0 Å². The summed E-state index contributed by atoms with van der Waals surface area (Å²) in [6, 6.07) is 10.6.